The molecule has 1 N–H and O–H groups in total. The van der Waals surface area contributed by atoms with Crippen molar-refractivity contribution in [1.29, 1.82) is 0 Å². The standard InChI is InChI=1S/C18H22N2O5/c21-17-7-13(18(22)19-9-12-3-4-23-11-12)10-20(17)14-1-2-15-16(8-14)25-6-5-24-15/h1-2,8,12-13H,3-7,9-11H2,(H,19,22). The maximum absolute atomic E-state index is 12.4. The molecule has 1 aromatic rings. The van der Waals surface area contributed by atoms with Gasteiger partial charge in [-0.3, -0.25) is 9.59 Å². The Morgan fingerprint density at radius 1 is 1.20 bits per heavy atom. The van der Waals surface area contributed by atoms with Gasteiger partial charge >= 0.3 is 0 Å². The molecule has 2 atom stereocenters. The molecule has 3 aliphatic rings. The van der Waals surface area contributed by atoms with Crippen LogP contribution >= 0.6 is 0 Å². The zero-order chi connectivity index (χ0) is 17.2. The number of nitrogens with one attached hydrogen (secondary N) is 1. The number of carbonyl (C=O) groups is 2. The Bertz CT molecular complexity index is 671. The molecule has 0 bridgehead atoms. The summed E-state index contributed by atoms with van der Waals surface area (Å²) in [4.78, 5) is 26.4. The second kappa shape index (κ2) is 6.92. The van der Waals surface area contributed by atoms with Crippen molar-refractivity contribution in [2.45, 2.75) is 12.8 Å². The lowest BCUT2D eigenvalue weighted by atomic mass is 10.1. The largest absolute Gasteiger partial charge is 0.486 e. The van der Waals surface area contributed by atoms with Gasteiger partial charge in [-0.05, 0) is 18.6 Å². The van der Waals surface area contributed by atoms with Crippen molar-refractivity contribution in [1.82, 2.24) is 5.32 Å². The summed E-state index contributed by atoms with van der Waals surface area (Å²) in [5.41, 5.74) is 0.744. The zero-order valence-corrected chi connectivity index (χ0v) is 14.0. The minimum Gasteiger partial charge on any atom is -0.486 e. The van der Waals surface area contributed by atoms with Gasteiger partial charge in [-0.25, -0.2) is 0 Å². The van der Waals surface area contributed by atoms with Crippen LogP contribution in [0.25, 0.3) is 0 Å². The fourth-order valence-electron chi connectivity index (χ4n) is 3.47. The van der Waals surface area contributed by atoms with Gasteiger partial charge in [0.1, 0.15) is 13.2 Å². The van der Waals surface area contributed by atoms with Gasteiger partial charge in [-0.15, -0.1) is 0 Å². The molecule has 2 unspecified atom stereocenters. The van der Waals surface area contributed by atoms with E-state index in [0.29, 0.717) is 50.3 Å². The Morgan fingerprint density at radius 2 is 2.04 bits per heavy atom. The van der Waals surface area contributed by atoms with Crippen LogP contribution in [0, 0.1) is 11.8 Å². The van der Waals surface area contributed by atoms with E-state index in [1.807, 2.05) is 18.2 Å². The molecule has 7 heteroatoms. The van der Waals surface area contributed by atoms with E-state index in [9.17, 15) is 9.59 Å². The molecular formula is C18H22N2O5. The van der Waals surface area contributed by atoms with Gasteiger partial charge in [-0.2, -0.15) is 0 Å². The van der Waals surface area contributed by atoms with Crippen LogP contribution in [0.1, 0.15) is 12.8 Å². The van der Waals surface area contributed by atoms with Crippen LogP contribution in [0.2, 0.25) is 0 Å². The van der Waals surface area contributed by atoms with Crippen LogP contribution in [0.15, 0.2) is 18.2 Å². The van der Waals surface area contributed by atoms with E-state index in [4.69, 9.17) is 14.2 Å². The van der Waals surface area contributed by atoms with Crippen molar-refractivity contribution < 1.29 is 23.8 Å². The third kappa shape index (κ3) is 3.42. The first-order chi connectivity index (χ1) is 12.2. The first kappa shape index (κ1) is 16.2. The van der Waals surface area contributed by atoms with Gasteiger partial charge in [0.25, 0.3) is 0 Å². The lowest BCUT2D eigenvalue weighted by Crippen LogP contribution is -2.36. The number of hydrogen-bond donors (Lipinski definition) is 1. The van der Waals surface area contributed by atoms with Gasteiger partial charge < -0.3 is 24.4 Å². The normalized spacial score (nSPS) is 25.3. The summed E-state index contributed by atoms with van der Waals surface area (Å²) in [5, 5.41) is 2.97. The minimum absolute atomic E-state index is 0.0407. The summed E-state index contributed by atoms with van der Waals surface area (Å²) < 4.78 is 16.4. The second-order valence-corrected chi connectivity index (χ2v) is 6.71. The van der Waals surface area contributed by atoms with E-state index in [1.54, 1.807) is 4.90 Å². The zero-order valence-electron chi connectivity index (χ0n) is 14.0. The highest BCUT2D eigenvalue weighted by Gasteiger charge is 2.35. The van der Waals surface area contributed by atoms with Crippen molar-refractivity contribution in [2.75, 3.05) is 44.4 Å². The van der Waals surface area contributed by atoms with Gasteiger partial charge in [0, 0.05) is 43.8 Å². The summed E-state index contributed by atoms with van der Waals surface area (Å²) in [6, 6.07) is 5.45. The third-order valence-corrected chi connectivity index (χ3v) is 4.92. The quantitative estimate of drug-likeness (QED) is 0.879. The number of benzene rings is 1. The molecule has 0 aromatic heterocycles. The Kier molecular flexibility index (Phi) is 4.48. The lowest BCUT2D eigenvalue weighted by Gasteiger charge is -2.22. The topological polar surface area (TPSA) is 77.1 Å². The van der Waals surface area contributed by atoms with Crippen molar-refractivity contribution in [3.05, 3.63) is 18.2 Å². The van der Waals surface area contributed by atoms with Crippen molar-refractivity contribution >= 4 is 17.5 Å². The fraction of sp³-hybridized carbons (Fsp3) is 0.556. The highest BCUT2D eigenvalue weighted by molar-refractivity contribution is 6.00. The molecule has 134 valence electrons. The fourth-order valence-corrected chi connectivity index (χ4v) is 3.47. The highest BCUT2D eigenvalue weighted by Crippen LogP contribution is 2.36. The number of rotatable bonds is 4. The molecule has 25 heavy (non-hydrogen) atoms. The van der Waals surface area contributed by atoms with Gasteiger partial charge in [0.05, 0.1) is 12.5 Å². The highest BCUT2D eigenvalue weighted by atomic mass is 16.6. The van der Waals surface area contributed by atoms with Crippen molar-refractivity contribution in [3.63, 3.8) is 0 Å². The first-order valence-electron chi connectivity index (χ1n) is 8.76. The number of carbonyl (C=O) groups excluding carboxylic acids is 2. The van der Waals surface area contributed by atoms with Gasteiger partial charge in [0.15, 0.2) is 11.5 Å². The van der Waals surface area contributed by atoms with E-state index in [1.165, 1.54) is 0 Å². The number of amides is 2. The van der Waals surface area contributed by atoms with E-state index in [2.05, 4.69) is 5.32 Å². The maximum atomic E-state index is 12.4. The van der Waals surface area contributed by atoms with Crippen LogP contribution in [0.5, 0.6) is 11.5 Å². The van der Waals surface area contributed by atoms with Crippen LogP contribution in [-0.2, 0) is 14.3 Å². The van der Waals surface area contributed by atoms with E-state index in [0.717, 1.165) is 18.7 Å². The maximum Gasteiger partial charge on any atom is 0.227 e. The average molecular weight is 346 g/mol. The van der Waals surface area contributed by atoms with E-state index < -0.39 is 0 Å². The SMILES string of the molecule is O=C(NCC1CCOC1)C1CC(=O)N(c2ccc3c(c2)OCCO3)C1. The molecule has 3 heterocycles. The predicted molar refractivity (Wildman–Crippen MR) is 89.8 cm³/mol. The lowest BCUT2D eigenvalue weighted by molar-refractivity contribution is -0.126. The molecule has 0 spiro atoms. The smallest absolute Gasteiger partial charge is 0.227 e. The number of fused-ring (bicyclic) bond motifs is 1. The molecule has 2 fully saturated rings. The number of anilines is 1. The monoisotopic (exact) mass is 346 g/mol. The van der Waals surface area contributed by atoms with Crippen molar-refractivity contribution in [3.8, 4) is 11.5 Å². The number of ether oxygens (including phenoxy) is 3. The summed E-state index contributed by atoms with van der Waals surface area (Å²) >= 11 is 0. The number of hydrogen-bond acceptors (Lipinski definition) is 5. The molecule has 0 saturated carbocycles. The molecule has 1 aromatic carbocycles. The Hall–Kier alpha value is -2.28. The molecule has 0 aliphatic carbocycles. The predicted octanol–water partition coefficient (Wildman–Crippen LogP) is 0.963. The summed E-state index contributed by atoms with van der Waals surface area (Å²) in [6.07, 6.45) is 1.22. The van der Waals surface area contributed by atoms with Gasteiger partial charge in [-0.1, -0.05) is 0 Å². The molecular weight excluding hydrogens is 324 g/mol. The van der Waals surface area contributed by atoms with Crippen LogP contribution in [0.3, 0.4) is 0 Å². The molecule has 7 nitrogen and oxygen atoms in total. The molecule has 2 amide bonds. The number of nitrogens with zero attached hydrogens (tertiary/aromatic N) is 1. The van der Waals surface area contributed by atoms with Crippen molar-refractivity contribution in [2.24, 2.45) is 11.8 Å². The minimum atomic E-state index is -0.317. The van der Waals surface area contributed by atoms with Crippen LogP contribution in [-0.4, -0.2) is 51.3 Å². The molecule has 4 rings (SSSR count). The Morgan fingerprint density at radius 3 is 2.84 bits per heavy atom. The molecule has 3 aliphatic heterocycles. The summed E-state index contributed by atoms with van der Waals surface area (Å²) in [5.74, 6) is 1.31. The summed E-state index contributed by atoms with van der Waals surface area (Å²) in [7, 11) is 0. The summed E-state index contributed by atoms with van der Waals surface area (Å²) in [6.45, 7) is 3.51. The Balaban J connectivity index is 1.39. The second-order valence-electron chi connectivity index (χ2n) is 6.71. The average Bonchev–Trinajstić information content (AvgIpc) is 3.29. The Labute approximate surface area is 146 Å². The van der Waals surface area contributed by atoms with Crippen LogP contribution in [0.4, 0.5) is 5.69 Å². The van der Waals surface area contributed by atoms with E-state index in [-0.39, 0.29) is 24.2 Å². The first-order valence-corrected chi connectivity index (χ1v) is 8.76. The van der Waals surface area contributed by atoms with E-state index >= 15 is 0 Å². The van der Waals surface area contributed by atoms with Crippen LogP contribution < -0.4 is 19.7 Å². The third-order valence-electron chi connectivity index (χ3n) is 4.92. The molecule has 2 saturated heterocycles. The van der Waals surface area contributed by atoms with Gasteiger partial charge in [0.2, 0.25) is 11.8 Å². The molecule has 0 radical (unpaired) electrons.